The number of primary sulfonamides is 1. The van der Waals surface area contributed by atoms with Gasteiger partial charge in [0, 0.05) is 4.47 Å². The lowest BCUT2D eigenvalue weighted by atomic mass is 10.1. The first-order chi connectivity index (χ1) is 10.9. The predicted octanol–water partition coefficient (Wildman–Crippen LogP) is 2.82. The summed E-state index contributed by atoms with van der Waals surface area (Å²) in [7, 11) is -7.80. The van der Waals surface area contributed by atoms with Crippen molar-refractivity contribution in [2.75, 3.05) is 4.72 Å². The standard InChI is InChI=1S/C15H17BrN2O4S2/c1-9-6-13(23(17,19)20)8-15(11(9)3)18-24(21,22)12-4-5-14(16)10(2)7-12/h4-8,18H,1-3H3,(H2,17,19,20). The molecular formula is C15H17BrN2O4S2. The van der Waals surface area contributed by atoms with Gasteiger partial charge in [0.2, 0.25) is 10.0 Å². The van der Waals surface area contributed by atoms with E-state index >= 15 is 0 Å². The monoisotopic (exact) mass is 432 g/mol. The second-order valence-electron chi connectivity index (χ2n) is 5.47. The van der Waals surface area contributed by atoms with Crippen LogP contribution in [0.4, 0.5) is 5.69 Å². The largest absolute Gasteiger partial charge is 0.279 e. The van der Waals surface area contributed by atoms with Crippen LogP contribution < -0.4 is 9.86 Å². The summed E-state index contributed by atoms with van der Waals surface area (Å²) in [6, 6.07) is 7.26. The van der Waals surface area contributed by atoms with E-state index in [1.165, 1.54) is 24.3 Å². The molecule has 0 aliphatic carbocycles. The molecule has 6 nitrogen and oxygen atoms in total. The molecule has 0 unspecified atom stereocenters. The molecule has 0 aromatic heterocycles. The summed E-state index contributed by atoms with van der Waals surface area (Å²) in [5.41, 5.74) is 2.19. The lowest BCUT2D eigenvalue weighted by molar-refractivity contribution is 0.596. The van der Waals surface area contributed by atoms with Crippen LogP contribution in [0.3, 0.4) is 0 Å². The van der Waals surface area contributed by atoms with Crippen molar-refractivity contribution >= 4 is 41.7 Å². The fraction of sp³-hybridized carbons (Fsp3) is 0.200. The second kappa shape index (κ2) is 6.47. The summed E-state index contributed by atoms with van der Waals surface area (Å²) >= 11 is 3.32. The van der Waals surface area contributed by atoms with Crippen molar-refractivity contribution in [2.24, 2.45) is 5.14 Å². The Balaban J connectivity index is 2.53. The number of anilines is 1. The van der Waals surface area contributed by atoms with Crippen LogP contribution in [0.2, 0.25) is 0 Å². The number of nitrogens with one attached hydrogen (secondary N) is 1. The normalized spacial score (nSPS) is 12.2. The van der Waals surface area contributed by atoms with Crippen LogP contribution in [0.1, 0.15) is 16.7 Å². The van der Waals surface area contributed by atoms with Gasteiger partial charge in [-0.2, -0.15) is 0 Å². The number of halogens is 1. The van der Waals surface area contributed by atoms with Crippen molar-refractivity contribution in [1.29, 1.82) is 0 Å². The van der Waals surface area contributed by atoms with E-state index in [2.05, 4.69) is 20.7 Å². The van der Waals surface area contributed by atoms with E-state index in [4.69, 9.17) is 5.14 Å². The third-order valence-corrected chi connectivity index (χ3v) is 6.80. The third kappa shape index (κ3) is 3.97. The van der Waals surface area contributed by atoms with Crippen molar-refractivity contribution in [3.8, 4) is 0 Å². The SMILES string of the molecule is Cc1cc(S(=O)(=O)Nc2cc(S(N)(=O)=O)cc(C)c2C)ccc1Br. The summed E-state index contributed by atoms with van der Waals surface area (Å²) < 4.78 is 51.5. The topological polar surface area (TPSA) is 106 Å². The Morgan fingerprint density at radius 3 is 2.04 bits per heavy atom. The molecule has 0 heterocycles. The molecule has 0 aliphatic heterocycles. The highest BCUT2D eigenvalue weighted by molar-refractivity contribution is 9.10. The number of hydrogen-bond acceptors (Lipinski definition) is 4. The van der Waals surface area contributed by atoms with Crippen LogP contribution in [-0.4, -0.2) is 16.8 Å². The second-order valence-corrected chi connectivity index (χ2v) is 9.57. The maximum absolute atomic E-state index is 12.6. The summed E-state index contributed by atoms with van der Waals surface area (Å²) in [5.74, 6) is 0. The first-order valence-electron chi connectivity index (χ1n) is 6.85. The van der Waals surface area contributed by atoms with Crippen LogP contribution in [0.25, 0.3) is 0 Å². The van der Waals surface area contributed by atoms with Crippen LogP contribution in [0.15, 0.2) is 44.6 Å². The maximum atomic E-state index is 12.6. The highest BCUT2D eigenvalue weighted by Crippen LogP contribution is 2.27. The first kappa shape index (κ1) is 18.9. The van der Waals surface area contributed by atoms with Crippen molar-refractivity contribution in [2.45, 2.75) is 30.6 Å². The average molecular weight is 433 g/mol. The summed E-state index contributed by atoms with van der Waals surface area (Å²) in [6.07, 6.45) is 0. The lowest BCUT2D eigenvalue weighted by Gasteiger charge is -2.14. The summed E-state index contributed by atoms with van der Waals surface area (Å²) in [6.45, 7) is 5.17. The summed E-state index contributed by atoms with van der Waals surface area (Å²) in [4.78, 5) is -0.0588. The molecule has 0 aliphatic rings. The van der Waals surface area contributed by atoms with Crippen molar-refractivity contribution in [1.82, 2.24) is 0 Å². The molecule has 0 saturated heterocycles. The number of benzene rings is 2. The van der Waals surface area contributed by atoms with Crippen LogP contribution in [0, 0.1) is 20.8 Å². The van der Waals surface area contributed by atoms with Crippen molar-refractivity contribution in [3.05, 3.63) is 51.5 Å². The molecule has 3 N–H and O–H groups in total. The molecule has 2 aromatic carbocycles. The highest BCUT2D eigenvalue weighted by atomic mass is 79.9. The van der Waals surface area contributed by atoms with Gasteiger partial charge in [-0.15, -0.1) is 0 Å². The van der Waals surface area contributed by atoms with Gasteiger partial charge < -0.3 is 0 Å². The molecule has 0 radical (unpaired) electrons. The van der Waals surface area contributed by atoms with Gasteiger partial charge in [-0.05, 0) is 67.8 Å². The van der Waals surface area contributed by atoms with E-state index in [9.17, 15) is 16.8 Å². The zero-order valence-electron chi connectivity index (χ0n) is 13.3. The van der Waals surface area contributed by atoms with Crippen LogP contribution >= 0.6 is 15.9 Å². The van der Waals surface area contributed by atoms with Gasteiger partial charge in [-0.3, -0.25) is 4.72 Å². The van der Waals surface area contributed by atoms with Crippen molar-refractivity contribution in [3.63, 3.8) is 0 Å². The van der Waals surface area contributed by atoms with Gasteiger partial charge >= 0.3 is 0 Å². The number of hydrogen-bond donors (Lipinski definition) is 2. The molecule has 2 rings (SSSR count). The van der Waals surface area contributed by atoms with Crippen molar-refractivity contribution < 1.29 is 16.8 Å². The Hall–Kier alpha value is -1.42. The van der Waals surface area contributed by atoms with Gasteiger partial charge in [0.05, 0.1) is 15.5 Å². The molecule has 24 heavy (non-hydrogen) atoms. The van der Waals surface area contributed by atoms with E-state index in [1.807, 2.05) is 0 Å². The van der Waals surface area contributed by atoms with E-state index in [0.29, 0.717) is 11.1 Å². The van der Waals surface area contributed by atoms with E-state index in [-0.39, 0.29) is 15.5 Å². The summed E-state index contributed by atoms with van der Waals surface area (Å²) in [5, 5.41) is 5.15. The minimum absolute atomic E-state index is 0.0845. The molecule has 0 amide bonds. The molecule has 0 atom stereocenters. The third-order valence-electron chi connectivity index (χ3n) is 3.65. The zero-order valence-corrected chi connectivity index (χ0v) is 16.5. The molecule has 0 bridgehead atoms. The first-order valence-corrected chi connectivity index (χ1v) is 10.7. The van der Waals surface area contributed by atoms with Crippen LogP contribution in [-0.2, 0) is 20.0 Å². The Morgan fingerprint density at radius 1 is 0.917 bits per heavy atom. The molecular weight excluding hydrogens is 416 g/mol. The van der Waals surface area contributed by atoms with Gasteiger partial charge in [0.25, 0.3) is 10.0 Å². The van der Waals surface area contributed by atoms with Gasteiger partial charge in [-0.25, -0.2) is 22.0 Å². The van der Waals surface area contributed by atoms with Gasteiger partial charge in [0.15, 0.2) is 0 Å². The molecule has 2 aromatic rings. The smallest absolute Gasteiger partial charge is 0.261 e. The fourth-order valence-electron chi connectivity index (χ4n) is 2.08. The zero-order chi connectivity index (χ0) is 18.3. The fourth-order valence-corrected chi connectivity index (χ4v) is 4.15. The minimum Gasteiger partial charge on any atom is -0.279 e. The molecule has 130 valence electrons. The molecule has 0 fully saturated rings. The Labute approximate surface area is 150 Å². The molecule has 0 saturated carbocycles. The maximum Gasteiger partial charge on any atom is 0.261 e. The molecule has 0 spiro atoms. The number of sulfonamides is 2. The van der Waals surface area contributed by atoms with E-state index in [1.54, 1.807) is 26.8 Å². The lowest BCUT2D eigenvalue weighted by Crippen LogP contribution is -2.17. The minimum atomic E-state index is -3.94. The molecule has 9 heteroatoms. The Morgan fingerprint density at radius 2 is 1.50 bits per heavy atom. The number of nitrogens with two attached hydrogens (primary N) is 1. The van der Waals surface area contributed by atoms with Crippen LogP contribution in [0.5, 0.6) is 0 Å². The average Bonchev–Trinajstić information content (AvgIpc) is 2.45. The Kier molecular flexibility index (Phi) is 5.10. The van der Waals surface area contributed by atoms with E-state index < -0.39 is 20.0 Å². The Bertz CT molecular complexity index is 1020. The van der Waals surface area contributed by atoms with Gasteiger partial charge in [-0.1, -0.05) is 15.9 Å². The quantitative estimate of drug-likeness (QED) is 0.773. The predicted molar refractivity (Wildman–Crippen MR) is 97.0 cm³/mol. The van der Waals surface area contributed by atoms with E-state index in [0.717, 1.165) is 10.0 Å². The number of aryl methyl sites for hydroxylation is 2. The highest BCUT2D eigenvalue weighted by Gasteiger charge is 2.19. The number of rotatable bonds is 4. The van der Waals surface area contributed by atoms with Gasteiger partial charge in [0.1, 0.15) is 0 Å².